The Hall–Kier alpha value is -1.15. The van der Waals surface area contributed by atoms with E-state index in [-0.39, 0.29) is 29.4 Å². The molecule has 1 fully saturated rings. The van der Waals surface area contributed by atoms with Crippen molar-refractivity contribution in [3.05, 3.63) is 23.8 Å². The summed E-state index contributed by atoms with van der Waals surface area (Å²) in [6.45, 7) is -0.221. The van der Waals surface area contributed by atoms with E-state index in [2.05, 4.69) is 4.72 Å². The third kappa shape index (κ3) is 3.74. The molecule has 0 spiro atoms. The van der Waals surface area contributed by atoms with Crippen LogP contribution in [0.5, 0.6) is 5.75 Å². The molecular weight excluding hydrogens is 294 g/mol. The second-order valence-corrected chi connectivity index (χ2v) is 6.81. The van der Waals surface area contributed by atoms with E-state index in [0.717, 1.165) is 12.8 Å². The minimum absolute atomic E-state index is 0.0532. The van der Waals surface area contributed by atoms with Gasteiger partial charge in [-0.15, -0.1) is 0 Å². The van der Waals surface area contributed by atoms with E-state index in [1.165, 1.54) is 13.2 Å². The van der Waals surface area contributed by atoms with Crippen molar-refractivity contribution in [3.63, 3.8) is 0 Å². The molecule has 1 aromatic rings. The van der Waals surface area contributed by atoms with Crippen molar-refractivity contribution >= 4 is 10.0 Å². The van der Waals surface area contributed by atoms with E-state index in [9.17, 15) is 8.42 Å². The molecule has 0 amide bonds. The summed E-state index contributed by atoms with van der Waals surface area (Å²) in [4.78, 5) is 0.0532. The van der Waals surface area contributed by atoms with E-state index < -0.39 is 10.0 Å². The third-order valence-electron chi connectivity index (χ3n) is 3.74. The van der Waals surface area contributed by atoms with Crippen molar-refractivity contribution in [1.29, 1.82) is 0 Å². The first kappa shape index (κ1) is 16.2. The molecule has 0 radical (unpaired) electrons. The Morgan fingerprint density at radius 2 is 2.10 bits per heavy atom. The lowest BCUT2D eigenvalue weighted by molar-refractivity contribution is 0.107. The van der Waals surface area contributed by atoms with E-state index in [4.69, 9.17) is 14.6 Å². The monoisotopic (exact) mass is 315 g/mol. The van der Waals surface area contributed by atoms with Crippen LogP contribution in [0.2, 0.25) is 0 Å². The summed E-state index contributed by atoms with van der Waals surface area (Å²) in [6.07, 6.45) is 2.36. The maximum absolute atomic E-state index is 12.5. The third-order valence-corrected chi connectivity index (χ3v) is 5.28. The Labute approximate surface area is 125 Å². The van der Waals surface area contributed by atoms with Crippen LogP contribution in [-0.2, 0) is 21.4 Å². The van der Waals surface area contributed by atoms with Gasteiger partial charge in [0.2, 0.25) is 10.0 Å². The Bertz CT molecular complexity index is 587. The Kier molecular flexibility index (Phi) is 5.21. The SMILES string of the molecule is COc1ccc(CO)cc1S(=O)(=O)NC1CCC(OC)C1. The van der Waals surface area contributed by atoms with Gasteiger partial charge < -0.3 is 14.6 Å². The molecule has 1 saturated carbocycles. The van der Waals surface area contributed by atoms with Crippen LogP contribution in [0.1, 0.15) is 24.8 Å². The van der Waals surface area contributed by atoms with Crippen LogP contribution >= 0.6 is 0 Å². The van der Waals surface area contributed by atoms with Crippen molar-refractivity contribution in [2.75, 3.05) is 14.2 Å². The first-order valence-electron chi connectivity index (χ1n) is 6.83. The number of hydrogen-bond donors (Lipinski definition) is 2. The largest absolute Gasteiger partial charge is 0.495 e. The second-order valence-electron chi connectivity index (χ2n) is 5.13. The smallest absolute Gasteiger partial charge is 0.244 e. The van der Waals surface area contributed by atoms with Gasteiger partial charge in [-0.1, -0.05) is 6.07 Å². The maximum atomic E-state index is 12.5. The number of benzene rings is 1. The van der Waals surface area contributed by atoms with Crippen molar-refractivity contribution in [3.8, 4) is 5.75 Å². The van der Waals surface area contributed by atoms with Crippen molar-refractivity contribution in [2.45, 2.75) is 42.9 Å². The molecule has 7 heteroatoms. The van der Waals surface area contributed by atoms with Crippen LogP contribution < -0.4 is 9.46 Å². The normalized spacial score (nSPS) is 22.4. The summed E-state index contributed by atoms with van der Waals surface area (Å²) in [5.74, 6) is 0.265. The Morgan fingerprint density at radius 3 is 2.67 bits per heavy atom. The van der Waals surface area contributed by atoms with E-state index in [1.807, 2.05) is 0 Å². The molecule has 0 saturated heterocycles. The molecular formula is C14H21NO5S. The van der Waals surface area contributed by atoms with Crippen LogP contribution in [0.3, 0.4) is 0 Å². The molecule has 2 unspecified atom stereocenters. The summed E-state index contributed by atoms with van der Waals surface area (Å²) in [5, 5.41) is 9.17. The van der Waals surface area contributed by atoms with Gasteiger partial charge in [0.25, 0.3) is 0 Å². The van der Waals surface area contributed by atoms with Gasteiger partial charge in [0.05, 0.1) is 19.8 Å². The zero-order valence-electron chi connectivity index (χ0n) is 12.2. The number of aliphatic hydroxyl groups excluding tert-OH is 1. The average molecular weight is 315 g/mol. The highest BCUT2D eigenvalue weighted by Crippen LogP contribution is 2.28. The van der Waals surface area contributed by atoms with Crippen LogP contribution in [0, 0.1) is 0 Å². The number of methoxy groups -OCH3 is 2. The molecule has 2 N–H and O–H groups in total. The molecule has 0 bridgehead atoms. The highest BCUT2D eigenvalue weighted by molar-refractivity contribution is 7.89. The lowest BCUT2D eigenvalue weighted by Gasteiger charge is -2.16. The van der Waals surface area contributed by atoms with E-state index in [0.29, 0.717) is 12.0 Å². The van der Waals surface area contributed by atoms with E-state index in [1.54, 1.807) is 19.2 Å². The van der Waals surface area contributed by atoms with Crippen LogP contribution in [0.4, 0.5) is 0 Å². The number of nitrogens with one attached hydrogen (secondary N) is 1. The Morgan fingerprint density at radius 1 is 1.33 bits per heavy atom. The molecule has 6 nitrogen and oxygen atoms in total. The molecule has 1 aromatic carbocycles. The van der Waals surface area contributed by atoms with Gasteiger partial charge in [-0.25, -0.2) is 13.1 Å². The van der Waals surface area contributed by atoms with Gasteiger partial charge in [0, 0.05) is 13.2 Å². The summed E-state index contributed by atoms with van der Waals surface area (Å²) in [6, 6.07) is 4.48. The summed E-state index contributed by atoms with van der Waals surface area (Å²) >= 11 is 0. The minimum Gasteiger partial charge on any atom is -0.495 e. The molecule has 0 aromatic heterocycles. The fourth-order valence-electron chi connectivity index (χ4n) is 2.57. The quantitative estimate of drug-likeness (QED) is 0.819. The maximum Gasteiger partial charge on any atom is 0.244 e. The van der Waals surface area contributed by atoms with Gasteiger partial charge in [0.15, 0.2) is 0 Å². The minimum atomic E-state index is -3.69. The summed E-state index contributed by atoms with van der Waals surface area (Å²) in [7, 11) is -0.638. The van der Waals surface area contributed by atoms with Crippen LogP contribution in [0.25, 0.3) is 0 Å². The van der Waals surface area contributed by atoms with Crippen molar-refractivity contribution in [2.24, 2.45) is 0 Å². The van der Waals surface area contributed by atoms with Gasteiger partial charge in [-0.05, 0) is 37.0 Å². The first-order chi connectivity index (χ1) is 10.00. The second kappa shape index (κ2) is 6.74. The molecule has 0 aliphatic heterocycles. The summed E-state index contributed by atoms with van der Waals surface area (Å²) < 4.78 is 38.1. The van der Waals surface area contributed by atoms with Gasteiger partial charge in [0.1, 0.15) is 10.6 Å². The van der Waals surface area contributed by atoms with Gasteiger partial charge in [-0.2, -0.15) is 0 Å². The van der Waals surface area contributed by atoms with Gasteiger partial charge in [-0.3, -0.25) is 0 Å². The molecule has 1 aliphatic rings. The standard InChI is InChI=1S/C14H21NO5S/c1-19-12-5-4-11(8-12)15-21(17,18)14-7-10(9-16)3-6-13(14)20-2/h3,6-7,11-12,15-16H,4-5,8-9H2,1-2H3. The number of sulfonamides is 1. The zero-order chi connectivity index (χ0) is 15.5. The number of ether oxygens (including phenoxy) is 2. The highest BCUT2D eigenvalue weighted by atomic mass is 32.2. The topological polar surface area (TPSA) is 84.9 Å². The molecule has 2 atom stereocenters. The number of aliphatic hydroxyl groups is 1. The number of rotatable bonds is 6. The highest BCUT2D eigenvalue weighted by Gasteiger charge is 2.30. The fourth-order valence-corrected chi connectivity index (χ4v) is 4.08. The fraction of sp³-hybridized carbons (Fsp3) is 0.571. The molecule has 2 rings (SSSR count). The van der Waals surface area contributed by atoms with Crippen LogP contribution in [0.15, 0.2) is 23.1 Å². The van der Waals surface area contributed by atoms with Crippen LogP contribution in [-0.4, -0.2) is 39.9 Å². The number of hydrogen-bond acceptors (Lipinski definition) is 5. The predicted octanol–water partition coefficient (Wildman–Crippen LogP) is 1.03. The van der Waals surface area contributed by atoms with E-state index >= 15 is 0 Å². The molecule has 1 aliphatic carbocycles. The molecule has 118 valence electrons. The summed E-state index contributed by atoms with van der Waals surface area (Å²) in [5.41, 5.74) is 0.525. The lowest BCUT2D eigenvalue weighted by Crippen LogP contribution is -2.33. The van der Waals surface area contributed by atoms with Gasteiger partial charge >= 0.3 is 0 Å². The lowest BCUT2D eigenvalue weighted by atomic mass is 10.2. The van der Waals surface area contributed by atoms with Crippen molar-refractivity contribution < 1.29 is 23.0 Å². The van der Waals surface area contributed by atoms with Crippen molar-refractivity contribution in [1.82, 2.24) is 4.72 Å². The molecule has 0 heterocycles. The predicted molar refractivity (Wildman–Crippen MR) is 77.7 cm³/mol. The first-order valence-corrected chi connectivity index (χ1v) is 8.31. The zero-order valence-corrected chi connectivity index (χ0v) is 13.0. The average Bonchev–Trinajstić information content (AvgIpc) is 2.93. The Balaban J connectivity index is 2.23. The molecule has 21 heavy (non-hydrogen) atoms.